The standard InChI is InChI=1S/C15H15ClN4O3.ClH/c1-18(2)11-5-7-19(8-6-11)10-15(21)17-14-4-3-12(20(22)23)9-13(14)16;/h3-9H,10H2,1-2H3;1H. The Bertz CT molecular complexity index is 736. The van der Waals surface area contributed by atoms with Crippen molar-refractivity contribution in [3.63, 3.8) is 0 Å². The number of hydrogen-bond donors (Lipinski definition) is 1. The summed E-state index contributed by atoms with van der Waals surface area (Å²) >= 11 is 5.94. The molecule has 1 heterocycles. The molecule has 0 aliphatic rings. The van der Waals surface area contributed by atoms with Gasteiger partial charge < -0.3 is 22.6 Å². The van der Waals surface area contributed by atoms with Gasteiger partial charge in [0.05, 0.1) is 15.6 Å². The van der Waals surface area contributed by atoms with Crippen molar-refractivity contribution in [1.29, 1.82) is 0 Å². The van der Waals surface area contributed by atoms with E-state index >= 15 is 0 Å². The van der Waals surface area contributed by atoms with Crippen molar-refractivity contribution in [2.45, 2.75) is 6.54 Å². The minimum Gasteiger partial charge on any atom is -1.00 e. The van der Waals surface area contributed by atoms with E-state index in [1.165, 1.54) is 18.2 Å². The summed E-state index contributed by atoms with van der Waals surface area (Å²) in [6.45, 7) is 0.112. The molecular weight excluding hydrogens is 355 g/mol. The second-order valence-electron chi connectivity index (χ2n) is 5.09. The quantitative estimate of drug-likeness (QED) is 0.426. The number of benzene rings is 1. The Morgan fingerprint density at radius 3 is 2.42 bits per heavy atom. The summed E-state index contributed by atoms with van der Waals surface area (Å²) in [4.78, 5) is 24.1. The predicted octanol–water partition coefficient (Wildman–Crippen LogP) is -0.756. The van der Waals surface area contributed by atoms with Crippen LogP contribution in [0, 0.1) is 10.1 Å². The molecule has 0 spiro atoms. The van der Waals surface area contributed by atoms with E-state index in [-0.39, 0.29) is 35.6 Å². The smallest absolute Gasteiger partial charge is 0.290 e. The molecule has 7 nitrogen and oxygen atoms in total. The van der Waals surface area contributed by atoms with Crippen LogP contribution in [0.1, 0.15) is 0 Å². The maximum atomic E-state index is 12.0. The zero-order chi connectivity index (χ0) is 17.0. The summed E-state index contributed by atoms with van der Waals surface area (Å²) in [5.41, 5.74) is 1.24. The van der Waals surface area contributed by atoms with Crippen molar-refractivity contribution in [2.75, 3.05) is 24.3 Å². The maximum Gasteiger partial charge on any atom is 0.290 e. The van der Waals surface area contributed by atoms with E-state index in [1.54, 1.807) is 17.0 Å². The van der Waals surface area contributed by atoms with E-state index in [4.69, 9.17) is 11.6 Å². The van der Waals surface area contributed by atoms with Crippen LogP contribution in [0.3, 0.4) is 0 Å². The number of anilines is 2. The number of nitro groups is 1. The van der Waals surface area contributed by atoms with Crippen molar-refractivity contribution < 1.29 is 26.7 Å². The molecule has 1 N–H and O–H groups in total. The number of pyridine rings is 1. The highest BCUT2D eigenvalue weighted by Crippen LogP contribution is 2.26. The fourth-order valence-corrected chi connectivity index (χ4v) is 2.15. The molecule has 0 radical (unpaired) electrons. The van der Waals surface area contributed by atoms with E-state index in [0.29, 0.717) is 5.69 Å². The lowest BCUT2D eigenvalue weighted by Gasteiger charge is -2.10. The van der Waals surface area contributed by atoms with E-state index in [0.717, 1.165) is 5.69 Å². The molecule has 1 aromatic heterocycles. The number of hydrogen-bond acceptors (Lipinski definition) is 4. The van der Waals surface area contributed by atoms with Crippen LogP contribution in [-0.2, 0) is 11.3 Å². The van der Waals surface area contributed by atoms with Gasteiger partial charge in [-0.25, -0.2) is 0 Å². The Kier molecular flexibility index (Phi) is 6.94. The SMILES string of the molecule is CN(C)c1cc[n+](CC(=O)Nc2ccc([N+](=O)[O-])cc2Cl)cc1.[Cl-]. The van der Waals surface area contributed by atoms with Gasteiger partial charge in [0, 0.05) is 44.0 Å². The lowest BCUT2D eigenvalue weighted by Crippen LogP contribution is -3.00. The van der Waals surface area contributed by atoms with Crippen LogP contribution in [0.5, 0.6) is 0 Å². The van der Waals surface area contributed by atoms with Gasteiger partial charge >= 0.3 is 0 Å². The molecule has 1 aromatic carbocycles. The number of halogens is 2. The Morgan fingerprint density at radius 1 is 1.29 bits per heavy atom. The normalized spacial score (nSPS) is 9.79. The Hall–Kier alpha value is -2.38. The molecular formula is C15H16Cl2N4O3. The fourth-order valence-electron chi connectivity index (χ4n) is 1.93. The summed E-state index contributed by atoms with van der Waals surface area (Å²) in [5, 5.41) is 13.4. The zero-order valence-corrected chi connectivity index (χ0v) is 14.6. The second kappa shape index (κ2) is 8.47. The average molecular weight is 371 g/mol. The van der Waals surface area contributed by atoms with Gasteiger partial charge in [-0.15, -0.1) is 0 Å². The first-order chi connectivity index (χ1) is 10.9. The van der Waals surface area contributed by atoms with Gasteiger partial charge in [-0.3, -0.25) is 14.9 Å². The molecule has 0 bridgehead atoms. The number of nitro benzene ring substituents is 1. The van der Waals surface area contributed by atoms with Crippen LogP contribution >= 0.6 is 11.6 Å². The number of amides is 1. The molecule has 0 atom stereocenters. The zero-order valence-electron chi connectivity index (χ0n) is 13.1. The molecule has 9 heteroatoms. The number of carbonyl (C=O) groups is 1. The Balaban J connectivity index is 0.00000288. The van der Waals surface area contributed by atoms with Gasteiger partial charge in [-0.2, -0.15) is 4.57 Å². The maximum absolute atomic E-state index is 12.0. The summed E-state index contributed by atoms with van der Waals surface area (Å²) < 4.78 is 1.72. The molecule has 2 aromatic rings. The average Bonchev–Trinajstić information content (AvgIpc) is 2.49. The lowest BCUT2D eigenvalue weighted by molar-refractivity contribution is -0.684. The molecule has 24 heavy (non-hydrogen) atoms. The van der Waals surface area contributed by atoms with Gasteiger partial charge in [0.25, 0.3) is 11.6 Å². The van der Waals surface area contributed by atoms with E-state index in [1.807, 2.05) is 31.1 Å². The molecule has 0 fully saturated rings. The second-order valence-corrected chi connectivity index (χ2v) is 5.50. The van der Waals surface area contributed by atoms with Crippen molar-refractivity contribution in [1.82, 2.24) is 0 Å². The van der Waals surface area contributed by atoms with E-state index in [2.05, 4.69) is 5.32 Å². The Morgan fingerprint density at radius 2 is 1.92 bits per heavy atom. The van der Waals surface area contributed by atoms with E-state index in [9.17, 15) is 14.9 Å². The summed E-state index contributed by atoms with van der Waals surface area (Å²) in [5.74, 6) is -0.275. The number of nitrogens with zero attached hydrogens (tertiary/aromatic N) is 3. The highest BCUT2D eigenvalue weighted by molar-refractivity contribution is 6.33. The number of non-ortho nitro benzene ring substituents is 1. The highest BCUT2D eigenvalue weighted by atomic mass is 35.5. The monoisotopic (exact) mass is 370 g/mol. The van der Waals surface area contributed by atoms with E-state index < -0.39 is 4.92 Å². The van der Waals surface area contributed by atoms with Crippen LogP contribution in [0.25, 0.3) is 0 Å². The third-order valence-electron chi connectivity index (χ3n) is 3.15. The highest BCUT2D eigenvalue weighted by Gasteiger charge is 2.14. The molecule has 0 saturated carbocycles. The summed E-state index contributed by atoms with van der Waals surface area (Å²) in [7, 11) is 3.87. The van der Waals surface area contributed by atoms with Crippen molar-refractivity contribution in [3.8, 4) is 0 Å². The van der Waals surface area contributed by atoms with Crippen molar-refractivity contribution >= 4 is 34.6 Å². The third-order valence-corrected chi connectivity index (χ3v) is 3.47. The number of nitrogens with one attached hydrogen (secondary N) is 1. The summed E-state index contributed by atoms with van der Waals surface area (Å²) in [6.07, 6.45) is 3.60. The molecule has 128 valence electrons. The van der Waals surface area contributed by atoms with Gasteiger partial charge in [0.2, 0.25) is 6.54 Å². The molecule has 2 rings (SSSR count). The largest absolute Gasteiger partial charge is 1.00 e. The van der Waals surface area contributed by atoms with Crippen LogP contribution in [0.15, 0.2) is 42.7 Å². The molecule has 0 saturated heterocycles. The first-order valence-corrected chi connectivity index (χ1v) is 7.15. The molecule has 0 aliphatic heterocycles. The topological polar surface area (TPSA) is 79.4 Å². The Labute approximate surface area is 150 Å². The van der Waals surface area contributed by atoms with Crippen LogP contribution in [0.4, 0.5) is 17.1 Å². The number of aromatic nitrogens is 1. The van der Waals surface area contributed by atoms with Gasteiger partial charge in [0.15, 0.2) is 12.4 Å². The minimum absolute atomic E-state index is 0. The van der Waals surface area contributed by atoms with Crippen LogP contribution < -0.4 is 27.2 Å². The van der Waals surface area contributed by atoms with Crippen LogP contribution in [0.2, 0.25) is 5.02 Å². The van der Waals surface area contributed by atoms with Gasteiger partial charge in [-0.05, 0) is 6.07 Å². The lowest BCUT2D eigenvalue weighted by atomic mass is 10.3. The first kappa shape index (κ1) is 19.7. The van der Waals surface area contributed by atoms with Crippen molar-refractivity contribution in [2.24, 2.45) is 0 Å². The fraction of sp³-hybridized carbons (Fsp3) is 0.200. The predicted molar refractivity (Wildman–Crippen MR) is 87.7 cm³/mol. The number of rotatable bonds is 5. The van der Waals surface area contributed by atoms with Gasteiger partial charge in [-0.1, -0.05) is 11.6 Å². The summed E-state index contributed by atoms with van der Waals surface area (Å²) in [6, 6.07) is 7.70. The minimum atomic E-state index is -0.542. The molecule has 0 unspecified atom stereocenters. The number of carbonyl (C=O) groups excluding carboxylic acids is 1. The van der Waals surface area contributed by atoms with Crippen LogP contribution in [-0.4, -0.2) is 24.9 Å². The first-order valence-electron chi connectivity index (χ1n) is 6.77. The third kappa shape index (κ3) is 5.07. The van der Waals surface area contributed by atoms with Gasteiger partial charge in [0.1, 0.15) is 0 Å². The molecule has 0 aliphatic carbocycles. The molecule has 1 amide bonds. The van der Waals surface area contributed by atoms with Crippen molar-refractivity contribution in [3.05, 3.63) is 57.9 Å².